The fourth-order valence-corrected chi connectivity index (χ4v) is 1.05. The molecule has 0 unspecified atom stereocenters. The van der Waals surface area contributed by atoms with Crippen LogP contribution in [0, 0.1) is 0 Å². The first-order valence-corrected chi connectivity index (χ1v) is 4.11. The maximum Gasteiger partial charge on any atom is 0.335 e. The van der Waals surface area contributed by atoms with Crippen molar-refractivity contribution in [1.29, 1.82) is 0 Å². The second-order valence-electron chi connectivity index (χ2n) is 2.60. The number of carbonyl (C=O) groups is 1. The molecule has 0 aliphatic heterocycles. The van der Waals surface area contributed by atoms with E-state index in [0.717, 1.165) is 0 Å². The summed E-state index contributed by atoms with van der Waals surface area (Å²) in [5.74, 6) is -1.03. The second-order valence-corrected chi connectivity index (χ2v) is 3.04. The SMILES string of the molecule is NC(=S)Nc1ccc(C(=O)O)cc1N. The third kappa shape index (κ3) is 2.33. The normalized spacial score (nSPS) is 9.43. The van der Waals surface area contributed by atoms with Crippen molar-refractivity contribution in [3.63, 3.8) is 0 Å². The summed E-state index contributed by atoms with van der Waals surface area (Å²) in [4.78, 5) is 10.6. The van der Waals surface area contributed by atoms with Crippen LogP contribution in [-0.2, 0) is 0 Å². The van der Waals surface area contributed by atoms with Crippen LogP contribution >= 0.6 is 12.2 Å². The summed E-state index contributed by atoms with van der Waals surface area (Å²) in [5, 5.41) is 11.4. The summed E-state index contributed by atoms with van der Waals surface area (Å²) in [5.41, 5.74) is 11.7. The van der Waals surface area contributed by atoms with Crippen molar-refractivity contribution in [3.05, 3.63) is 23.8 Å². The summed E-state index contributed by atoms with van der Waals surface area (Å²) in [7, 11) is 0. The van der Waals surface area contributed by atoms with Crippen LogP contribution in [-0.4, -0.2) is 16.2 Å². The molecule has 1 aromatic carbocycles. The van der Waals surface area contributed by atoms with Gasteiger partial charge >= 0.3 is 5.97 Å². The van der Waals surface area contributed by atoms with E-state index < -0.39 is 5.97 Å². The third-order valence-electron chi connectivity index (χ3n) is 1.56. The van der Waals surface area contributed by atoms with E-state index in [4.69, 9.17) is 16.6 Å². The standard InChI is InChI=1S/C8H9N3O2S/c9-5-3-4(7(12)13)1-2-6(5)11-8(10)14/h1-3H,9H2,(H,12,13)(H3,10,11,14). The Morgan fingerprint density at radius 3 is 2.57 bits per heavy atom. The Hall–Kier alpha value is -1.82. The average Bonchev–Trinajstić information content (AvgIpc) is 2.07. The number of carboxylic acids is 1. The zero-order valence-corrected chi connectivity index (χ0v) is 7.97. The van der Waals surface area contributed by atoms with E-state index in [-0.39, 0.29) is 16.4 Å². The Bertz CT molecular complexity index is 392. The highest BCUT2D eigenvalue weighted by Crippen LogP contribution is 2.19. The maximum absolute atomic E-state index is 10.6. The van der Waals surface area contributed by atoms with Crippen molar-refractivity contribution in [2.75, 3.05) is 11.1 Å². The van der Waals surface area contributed by atoms with Gasteiger partial charge in [0.05, 0.1) is 16.9 Å². The minimum absolute atomic E-state index is 0.0831. The zero-order valence-electron chi connectivity index (χ0n) is 7.15. The fourth-order valence-electron chi connectivity index (χ4n) is 0.942. The van der Waals surface area contributed by atoms with Gasteiger partial charge in [0.15, 0.2) is 5.11 Å². The summed E-state index contributed by atoms with van der Waals surface area (Å²) < 4.78 is 0. The molecule has 0 amide bonds. The second kappa shape index (κ2) is 3.93. The number of hydrogen-bond donors (Lipinski definition) is 4. The van der Waals surface area contributed by atoms with Gasteiger partial charge in [0, 0.05) is 0 Å². The van der Waals surface area contributed by atoms with E-state index in [1.165, 1.54) is 18.2 Å². The molecule has 1 rings (SSSR count). The van der Waals surface area contributed by atoms with Crippen LogP contribution in [0.3, 0.4) is 0 Å². The molecule has 0 radical (unpaired) electrons. The molecule has 0 atom stereocenters. The number of carboxylic acid groups (broad SMARTS) is 1. The first-order valence-electron chi connectivity index (χ1n) is 3.70. The van der Waals surface area contributed by atoms with Gasteiger partial charge in [0.1, 0.15) is 0 Å². The number of benzene rings is 1. The van der Waals surface area contributed by atoms with Crippen LogP contribution in [0.5, 0.6) is 0 Å². The van der Waals surface area contributed by atoms with Gasteiger partial charge in [-0.3, -0.25) is 0 Å². The molecule has 0 aliphatic carbocycles. The first kappa shape index (κ1) is 10.3. The first-order chi connectivity index (χ1) is 6.50. The highest BCUT2D eigenvalue weighted by molar-refractivity contribution is 7.80. The predicted octanol–water partition coefficient (Wildman–Crippen LogP) is 0.622. The molecule has 0 aliphatic rings. The van der Waals surface area contributed by atoms with Gasteiger partial charge < -0.3 is 21.9 Å². The van der Waals surface area contributed by atoms with E-state index in [1.807, 2.05) is 0 Å². The summed E-state index contributed by atoms with van der Waals surface area (Å²) in [6.45, 7) is 0. The number of nitrogen functional groups attached to an aromatic ring is 1. The molecule has 0 bridgehead atoms. The summed E-state index contributed by atoms with van der Waals surface area (Å²) in [6.07, 6.45) is 0. The van der Waals surface area contributed by atoms with Crippen LogP contribution in [0.15, 0.2) is 18.2 Å². The molecular formula is C8H9N3O2S. The van der Waals surface area contributed by atoms with E-state index in [1.54, 1.807) is 0 Å². The quantitative estimate of drug-likeness (QED) is 0.422. The van der Waals surface area contributed by atoms with Crippen LogP contribution in [0.4, 0.5) is 11.4 Å². The van der Waals surface area contributed by atoms with Gasteiger partial charge in [0.25, 0.3) is 0 Å². The molecule has 14 heavy (non-hydrogen) atoms. The Kier molecular flexibility index (Phi) is 2.88. The number of thiocarbonyl (C=S) groups is 1. The highest BCUT2D eigenvalue weighted by Gasteiger charge is 2.05. The number of rotatable bonds is 2. The van der Waals surface area contributed by atoms with E-state index in [9.17, 15) is 4.79 Å². The molecule has 6 N–H and O–H groups in total. The Labute approximate surface area is 85.7 Å². The van der Waals surface area contributed by atoms with Crippen LogP contribution in [0.1, 0.15) is 10.4 Å². The van der Waals surface area contributed by atoms with Crippen molar-refractivity contribution in [3.8, 4) is 0 Å². The Morgan fingerprint density at radius 1 is 1.50 bits per heavy atom. The number of nitrogens with one attached hydrogen (secondary N) is 1. The van der Waals surface area contributed by atoms with Crippen molar-refractivity contribution < 1.29 is 9.90 Å². The van der Waals surface area contributed by atoms with Crippen molar-refractivity contribution in [2.24, 2.45) is 5.73 Å². The summed E-state index contributed by atoms with van der Waals surface area (Å²) in [6, 6.07) is 4.26. The van der Waals surface area contributed by atoms with Gasteiger partial charge in [-0.25, -0.2) is 4.79 Å². The smallest absolute Gasteiger partial charge is 0.335 e. The molecule has 5 nitrogen and oxygen atoms in total. The van der Waals surface area contributed by atoms with Crippen molar-refractivity contribution in [2.45, 2.75) is 0 Å². The minimum Gasteiger partial charge on any atom is -0.478 e. The third-order valence-corrected chi connectivity index (χ3v) is 1.66. The van der Waals surface area contributed by atoms with Gasteiger partial charge in [-0.2, -0.15) is 0 Å². The van der Waals surface area contributed by atoms with Crippen molar-refractivity contribution in [1.82, 2.24) is 0 Å². The molecule has 0 spiro atoms. The van der Waals surface area contributed by atoms with Gasteiger partial charge in [0.2, 0.25) is 0 Å². The lowest BCUT2D eigenvalue weighted by Crippen LogP contribution is -2.19. The van der Waals surface area contributed by atoms with Gasteiger partial charge in [-0.1, -0.05) is 0 Å². The Balaban J connectivity index is 3.01. The van der Waals surface area contributed by atoms with Crippen LogP contribution < -0.4 is 16.8 Å². The molecule has 74 valence electrons. The lowest BCUT2D eigenvalue weighted by Gasteiger charge is -2.07. The predicted molar refractivity (Wildman–Crippen MR) is 58.2 cm³/mol. The largest absolute Gasteiger partial charge is 0.478 e. The minimum atomic E-state index is -1.03. The summed E-state index contributed by atoms with van der Waals surface area (Å²) >= 11 is 4.62. The van der Waals surface area contributed by atoms with Crippen molar-refractivity contribution >= 4 is 34.7 Å². The number of anilines is 2. The molecule has 0 aromatic heterocycles. The van der Waals surface area contributed by atoms with Gasteiger partial charge in [-0.05, 0) is 30.4 Å². The molecule has 1 aromatic rings. The number of hydrogen-bond acceptors (Lipinski definition) is 3. The zero-order chi connectivity index (χ0) is 10.7. The molecular weight excluding hydrogens is 202 g/mol. The highest BCUT2D eigenvalue weighted by atomic mass is 32.1. The van der Waals surface area contributed by atoms with E-state index in [2.05, 4.69) is 17.5 Å². The monoisotopic (exact) mass is 211 g/mol. The lowest BCUT2D eigenvalue weighted by atomic mass is 10.2. The lowest BCUT2D eigenvalue weighted by molar-refractivity contribution is 0.0697. The Morgan fingerprint density at radius 2 is 2.14 bits per heavy atom. The molecule has 0 fully saturated rings. The number of nitrogens with two attached hydrogens (primary N) is 2. The van der Waals surface area contributed by atoms with Crippen LogP contribution in [0.25, 0.3) is 0 Å². The molecule has 0 heterocycles. The molecule has 0 saturated carbocycles. The van der Waals surface area contributed by atoms with Crippen LogP contribution in [0.2, 0.25) is 0 Å². The molecule has 6 heteroatoms. The number of aromatic carboxylic acids is 1. The van der Waals surface area contributed by atoms with E-state index >= 15 is 0 Å². The fraction of sp³-hybridized carbons (Fsp3) is 0. The topological polar surface area (TPSA) is 101 Å². The van der Waals surface area contributed by atoms with Gasteiger partial charge in [-0.15, -0.1) is 0 Å². The molecule has 0 saturated heterocycles. The maximum atomic E-state index is 10.6. The van der Waals surface area contributed by atoms with E-state index in [0.29, 0.717) is 5.69 Å². The average molecular weight is 211 g/mol.